The largest absolute Gasteiger partial charge is 0.493 e. The summed E-state index contributed by atoms with van der Waals surface area (Å²) in [5.41, 5.74) is 1.15. The van der Waals surface area contributed by atoms with Crippen LogP contribution < -0.4 is 10.1 Å². The smallest absolute Gasteiger partial charge is 0.124 e. The molecule has 2 rings (SSSR count). The fourth-order valence-corrected chi connectivity index (χ4v) is 2.62. The summed E-state index contributed by atoms with van der Waals surface area (Å²) in [6.07, 6.45) is 3.92. The van der Waals surface area contributed by atoms with Crippen molar-refractivity contribution in [2.45, 2.75) is 32.7 Å². The van der Waals surface area contributed by atoms with Gasteiger partial charge in [0, 0.05) is 5.56 Å². The van der Waals surface area contributed by atoms with E-state index in [1.807, 2.05) is 24.4 Å². The molecule has 0 saturated carbocycles. The van der Waals surface area contributed by atoms with Gasteiger partial charge in [0.25, 0.3) is 0 Å². The van der Waals surface area contributed by atoms with Gasteiger partial charge in [-0.15, -0.1) is 5.10 Å². The van der Waals surface area contributed by atoms with Crippen molar-refractivity contribution < 1.29 is 4.74 Å². The molecule has 0 fully saturated rings. The highest BCUT2D eigenvalue weighted by Crippen LogP contribution is 2.31. The Morgan fingerprint density at radius 2 is 2.10 bits per heavy atom. The minimum atomic E-state index is 0.100. The van der Waals surface area contributed by atoms with E-state index in [1.165, 1.54) is 11.5 Å². The van der Waals surface area contributed by atoms with Crippen molar-refractivity contribution in [3.63, 3.8) is 0 Å². The molecule has 4 nitrogen and oxygen atoms in total. The Labute approximate surface area is 124 Å². The molecule has 0 aliphatic carbocycles. The molecule has 0 saturated heterocycles. The van der Waals surface area contributed by atoms with Crippen molar-refractivity contribution in [2.24, 2.45) is 0 Å². The molecule has 1 N–H and O–H groups in total. The van der Waals surface area contributed by atoms with Gasteiger partial charge in [-0.2, -0.15) is 0 Å². The number of nitrogens with zero attached hydrogens (tertiary/aromatic N) is 2. The van der Waals surface area contributed by atoms with E-state index in [-0.39, 0.29) is 6.04 Å². The molecule has 20 heavy (non-hydrogen) atoms. The molecule has 1 aromatic carbocycles. The topological polar surface area (TPSA) is 47.0 Å². The number of nitrogens with one attached hydrogen (secondary N) is 1. The van der Waals surface area contributed by atoms with Gasteiger partial charge in [0.15, 0.2) is 0 Å². The molecule has 5 heteroatoms. The Bertz CT molecular complexity index is 502. The van der Waals surface area contributed by atoms with E-state index >= 15 is 0 Å². The molecule has 0 aliphatic heterocycles. The van der Waals surface area contributed by atoms with Crippen LogP contribution in [-0.4, -0.2) is 22.7 Å². The van der Waals surface area contributed by atoms with Crippen molar-refractivity contribution in [3.8, 4) is 5.75 Å². The van der Waals surface area contributed by atoms with Crippen LogP contribution in [0.25, 0.3) is 0 Å². The van der Waals surface area contributed by atoms with Crippen LogP contribution in [0.1, 0.15) is 43.2 Å². The summed E-state index contributed by atoms with van der Waals surface area (Å²) in [6.45, 7) is 5.96. The van der Waals surface area contributed by atoms with Crippen LogP contribution in [0.15, 0.2) is 30.5 Å². The van der Waals surface area contributed by atoms with E-state index in [4.69, 9.17) is 4.74 Å². The molecule has 0 radical (unpaired) electrons. The molecule has 1 aromatic heterocycles. The van der Waals surface area contributed by atoms with Gasteiger partial charge in [-0.05, 0) is 37.0 Å². The molecular weight excluding hydrogens is 270 g/mol. The van der Waals surface area contributed by atoms with Crippen molar-refractivity contribution in [2.75, 3.05) is 13.2 Å². The van der Waals surface area contributed by atoms with Gasteiger partial charge < -0.3 is 10.1 Å². The highest BCUT2D eigenvalue weighted by atomic mass is 32.1. The maximum absolute atomic E-state index is 5.87. The van der Waals surface area contributed by atoms with E-state index in [9.17, 15) is 0 Å². The normalized spacial score (nSPS) is 12.3. The fourth-order valence-electron chi connectivity index (χ4n) is 2.02. The standard InChI is InChI=1S/C15H21N3OS/c1-3-9-16-15(14-11-17-18-20-14)12-7-5-6-8-13(12)19-10-4-2/h5-8,11,15-16H,3-4,9-10H2,1-2H3. The Kier molecular flexibility index (Phi) is 5.95. The fraction of sp³-hybridized carbons (Fsp3) is 0.467. The summed E-state index contributed by atoms with van der Waals surface area (Å²) >= 11 is 1.43. The molecule has 1 unspecified atom stereocenters. The lowest BCUT2D eigenvalue weighted by Crippen LogP contribution is -2.23. The lowest BCUT2D eigenvalue weighted by Gasteiger charge is -2.20. The van der Waals surface area contributed by atoms with Crippen LogP contribution in [0.4, 0.5) is 0 Å². The van der Waals surface area contributed by atoms with Gasteiger partial charge in [-0.1, -0.05) is 36.5 Å². The Morgan fingerprint density at radius 3 is 2.80 bits per heavy atom. The highest BCUT2D eigenvalue weighted by Gasteiger charge is 2.19. The number of hydrogen-bond acceptors (Lipinski definition) is 5. The summed E-state index contributed by atoms with van der Waals surface area (Å²) in [5, 5.41) is 7.51. The second kappa shape index (κ2) is 7.97. The highest BCUT2D eigenvalue weighted by molar-refractivity contribution is 7.05. The molecule has 108 valence electrons. The van der Waals surface area contributed by atoms with Gasteiger partial charge in [0.1, 0.15) is 5.75 Å². The first kappa shape index (κ1) is 14.9. The summed E-state index contributed by atoms with van der Waals surface area (Å²) in [7, 11) is 0. The molecule has 2 aromatic rings. The van der Waals surface area contributed by atoms with Gasteiger partial charge in [-0.3, -0.25) is 0 Å². The van der Waals surface area contributed by atoms with Gasteiger partial charge >= 0.3 is 0 Å². The zero-order valence-corrected chi connectivity index (χ0v) is 12.8. The predicted octanol–water partition coefficient (Wildman–Crippen LogP) is 3.42. The summed E-state index contributed by atoms with van der Waals surface area (Å²) in [4.78, 5) is 1.12. The maximum atomic E-state index is 5.87. The molecule has 0 spiro atoms. The number of hydrogen-bond donors (Lipinski definition) is 1. The zero-order valence-electron chi connectivity index (χ0n) is 12.0. The van der Waals surface area contributed by atoms with Crippen molar-refractivity contribution in [3.05, 3.63) is 40.9 Å². The minimum Gasteiger partial charge on any atom is -0.493 e. The third-order valence-electron chi connectivity index (χ3n) is 2.95. The number of ether oxygens (including phenoxy) is 1. The number of para-hydroxylation sites is 1. The van der Waals surface area contributed by atoms with Crippen LogP contribution in [0.5, 0.6) is 5.75 Å². The van der Waals surface area contributed by atoms with Gasteiger partial charge in [0.05, 0.1) is 23.7 Å². The first-order valence-electron chi connectivity index (χ1n) is 7.09. The average Bonchev–Trinajstić information content (AvgIpc) is 3.01. The lowest BCUT2D eigenvalue weighted by atomic mass is 10.0. The van der Waals surface area contributed by atoms with E-state index in [0.29, 0.717) is 0 Å². The zero-order chi connectivity index (χ0) is 14.2. The predicted molar refractivity (Wildman–Crippen MR) is 82.3 cm³/mol. The van der Waals surface area contributed by atoms with Crippen molar-refractivity contribution in [1.82, 2.24) is 14.9 Å². The third-order valence-corrected chi connectivity index (χ3v) is 3.68. The summed E-state index contributed by atoms with van der Waals surface area (Å²) in [5.74, 6) is 0.941. The van der Waals surface area contributed by atoms with E-state index in [1.54, 1.807) is 0 Å². The van der Waals surface area contributed by atoms with Crippen LogP contribution in [0.3, 0.4) is 0 Å². The van der Waals surface area contributed by atoms with Crippen LogP contribution in [0.2, 0.25) is 0 Å². The monoisotopic (exact) mass is 291 g/mol. The third kappa shape index (κ3) is 3.77. The second-order valence-corrected chi connectivity index (χ2v) is 5.41. The number of rotatable bonds is 8. The number of aromatic nitrogens is 2. The molecule has 0 amide bonds. The lowest BCUT2D eigenvalue weighted by molar-refractivity contribution is 0.312. The first-order chi connectivity index (χ1) is 9.86. The van der Waals surface area contributed by atoms with Gasteiger partial charge in [0.2, 0.25) is 0 Å². The molecule has 1 heterocycles. The molecular formula is C15H21N3OS. The quantitative estimate of drug-likeness (QED) is 0.809. The summed E-state index contributed by atoms with van der Waals surface area (Å²) < 4.78 is 9.85. The van der Waals surface area contributed by atoms with Crippen molar-refractivity contribution >= 4 is 11.5 Å². The van der Waals surface area contributed by atoms with Crippen LogP contribution in [-0.2, 0) is 0 Å². The van der Waals surface area contributed by atoms with Gasteiger partial charge in [-0.25, -0.2) is 0 Å². The summed E-state index contributed by atoms with van der Waals surface area (Å²) in [6, 6.07) is 8.29. The van der Waals surface area contributed by atoms with E-state index in [0.717, 1.165) is 42.2 Å². The first-order valence-corrected chi connectivity index (χ1v) is 7.86. The Balaban J connectivity index is 2.28. The van der Waals surface area contributed by atoms with E-state index < -0.39 is 0 Å². The maximum Gasteiger partial charge on any atom is 0.124 e. The Hall–Kier alpha value is -1.46. The van der Waals surface area contributed by atoms with E-state index in [2.05, 4.69) is 34.8 Å². The minimum absolute atomic E-state index is 0.100. The second-order valence-electron chi connectivity index (χ2n) is 4.59. The SMILES string of the molecule is CCCNC(c1cnns1)c1ccccc1OCCC. The average molecular weight is 291 g/mol. The van der Waals surface area contributed by atoms with Crippen molar-refractivity contribution in [1.29, 1.82) is 0 Å². The van der Waals surface area contributed by atoms with Crippen LogP contribution >= 0.6 is 11.5 Å². The Morgan fingerprint density at radius 1 is 1.25 bits per heavy atom. The molecule has 1 atom stereocenters. The number of benzene rings is 1. The van der Waals surface area contributed by atoms with Crippen LogP contribution in [0, 0.1) is 0 Å². The molecule has 0 bridgehead atoms. The molecule has 0 aliphatic rings.